The molecule has 0 unspecified atom stereocenters. The lowest BCUT2D eigenvalue weighted by molar-refractivity contribution is -0.122. The number of nitrogens with one attached hydrogen (secondary N) is 1. The van der Waals surface area contributed by atoms with Crippen LogP contribution in [-0.4, -0.2) is 62.6 Å². The van der Waals surface area contributed by atoms with Gasteiger partial charge in [-0.2, -0.15) is 4.98 Å². The van der Waals surface area contributed by atoms with Crippen molar-refractivity contribution >= 4 is 44.6 Å². The minimum absolute atomic E-state index is 0.0658. The number of piperidine rings is 2. The van der Waals surface area contributed by atoms with E-state index in [-0.39, 0.29) is 11.8 Å². The number of carbonyl (C=O) groups excluding carboxylic acids is 1. The van der Waals surface area contributed by atoms with E-state index < -0.39 is 10.0 Å². The fraction of sp³-hybridized carbons (Fsp3) is 0.619. The van der Waals surface area contributed by atoms with E-state index in [1.165, 1.54) is 10.6 Å². The zero-order valence-corrected chi connectivity index (χ0v) is 19.3. The van der Waals surface area contributed by atoms with Crippen LogP contribution >= 0.6 is 11.6 Å². The van der Waals surface area contributed by atoms with Crippen molar-refractivity contribution in [1.82, 2.24) is 14.6 Å². The Morgan fingerprint density at radius 1 is 1.16 bits per heavy atom. The zero-order chi connectivity index (χ0) is 22.0. The van der Waals surface area contributed by atoms with Gasteiger partial charge in [0.05, 0.1) is 6.26 Å². The number of aromatic nitrogens is 1. The molecule has 2 saturated heterocycles. The summed E-state index contributed by atoms with van der Waals surface area (Å²) in [4.78, 5) is 19.0. The van der Waals surface area contributed by atoms with Gasteiger partial charge in [-0.25, -0.2) is 12.7 Å². The highest BCUT2D eigenvalue weighted by Crippen LogP contribution is 2.28. The van der Waals surface area contributed by atoms with Crippen LogP contribution < -0.4 is 10.2 Å². The Bertz CT molecular complexity index is 1030. The van der Waals surface area contributed by atoms with Gasteiger partial charge in [0.1, 0.15) is 5.52 Å². The molecule has 3 heterocycles. The molecule has 0 saturated carbocycles. The maximum Gasteiger partial charge on any atom is 0.298 e. The molecule has 1 amide bonds. The van der Waals surface area contributed by atoms with Crippen LogP contribution in [0.5, 0.6) is 0 Å². The van der Waals surface area contributed by atoms with Gasteiger partial charge in [0.25, 0.3) is 6.01 Å². The van der Waals surface area contributed by atoms with E-state index in [1.807, 2.05) is 6.07 Å². The minimum Gasteiger partial charge on any atom is -0.423 e. The summed E-state index contributed by atoms with van der Waals surface area (Å²) in [7, 11) is -3.13. The van der Waals surface area contributed by atoms with Gasteiger partial charge in [-0.1, -0.05) is 11.6 Å². The SMILES string of the molecule is CS(=O)(=O)N1CCC(CC(=O)NCC2CCN(c3nc4cc(Cl)ccc4o3)CC2)CC1. The van der Waals surface area contributed by atoms with Gasteiger partial charge in [0.2, 0.25) is 15.9 Å². The smallest absolute Gasteiger partial charge is 0.298 e. The summed E-state index contributed by atoms with van der Waals surface area (Å²) < 4.78 is 30.5. The molecule has 170 valence electrons. The van der Waals surface area contributed by atoms with Crippen molar-refractivity contribution in [3.8, 4) is 0 Å². The molecule has 2 aromatic rings. The molecule has 0 aliphatic carbocycles. The molecule has 0 bridgehead atoms. The highest BCUT2D eigenvalue weighted by atomic mass is 35.5. The number of hydrogen-bond acceptors (Lipinski definition) is 6. The Morgan fingerprint density at radius 3 is 2.52 bits per heavy atom. The molecule has 31 heavy (non-hydrogen) atoms. The summed E-state index contributed by atoms with van der Waals surface area (Å²) in [5, 5.41) is 3.72. The van der Waals surface area contributed by atoms with Crippen molar-refractivity contribution in [2.45, 2.75) is 32.1 Å². The molecule has 8 nitrogen and oxygen atoms in total. The lowest BCUT2D eigenvalue weighted by Gasteiger charge is -2.31. The lowest BCUT2D eigenvalue weighted by Crippen LogP contribution is -2.41. The number of oxazole rings is 1. The first-order valence-corrected chi connectivity index (χ1v) is 13.0. The topological polar surface area (TPSA) is 95.8 Å². The molecular weight excluding hydrogens is 440 g/mol. The number of rotatable bonds is 6. The third kappa shape index (κ3) is 5.70. The molecular formula is C21H29ClN4O4S. The van der Waals surface area contributed by atoms with Crippen LogP contribution in [-0.2, 0) is 14.8 Å². The van der Waals surface area contributed by atoms with E-state index in [9.17, 15) is 13.2 Å². The molecule has 10 heteroatoms. The average Bonchev–Trinajstić information content (AvgIpc) is 3.15. The summed E-state index contributed by atoms with van der Waals surface area (Å²) in [6, 6.07) is 6.06. The van der Waals surface area contributed by atoms with Crippen LogP contribution in [0.25, 0.3) is 11.1 Å². The third-order valence-electron chi connectivity index (χ3n) is 6.33. The van der Waals surface area contributed by atoms with Gasteiger partial charge in [0, 0.05) is 44.2 Å². The number of carbonyl (C=O) groups is 1. The number of anilines is 1. The summed E-state index contributed by atoms with van der Waals surface area (Å²) >= 11 is 6.02. The van der Waals surface area contributed by atoms with E-state index in [1.54, 1.807) is 12.1 Å². The second-order valence-corrected chi connectivity index (χ2v) is 11.1. The average molecular weight is 469 g/mol. The van der Waals surface area contributed by atoms with E-state index in [2.05, 4.69) is 15.2 Å². The highest BCUT2D eigenvalue weighted by molar-refractivity contribution is 7.88. The molecule has 2 fully saturated rings. The normalized spacial score (nSPS) is 19.7. The summed E-state index contributed by atoms with van der Waals surface area (Å²) in [6.45, 7) is 3.38. The molecule has 4 rings (SSSR count). The molecule has 1 N–H and O–H groups in total. The first-order chi connectivity index (χ1) is 14.8. The fourth-order valence-corrected chi connectivity index (χ4v) is 5.43. The first kappa shape index (κ1) is 22.4. The standard InChI is InChI=1S/C21H29ClN4O4S/c1-31(28,29)26-10-6-15(7-11-26)12-20(27)23-14-16-4-8-25(9-5-16)21-24-18-13-17(22)2-3-19(18)30-21/h2-3,13,15-16H,4-12,14H2,1H3,(H,23,27). The maximum atomic E-state index is 12.4. The van der Waals surface area contributed by atoms with Gasteiger partial charge in [-0.15, -0.1) is 0 Å². The Labute approximate surface area is 188 Å². The number of hydrogen-bond donors (Lipinski definition) is 1. The predicted octanol–water partition coefficient (Wildman–Crippen LogP) is 2.88. The largest absolute Gasteiger partial charge is 0.423 e. The van der Waals surface area contributed by atoms with Gasteiger partial charge in [0.15, 0.2) is 5.58 Å². The quantitative estimate of drug-likeness (QED) is 0.700. The Balaban J connectivity index is 1.18. The van der Waals surface area contributed by atoms with Gasteiger partial charge < -0.3 is 14.6 Å². The van der Waals surface area contributed by atoms with Gasteiger partial charge in [-0.3, -0.25) is 4.79 Å². The molecule has 0 atom stereocenters. The van der Waals surface area contributed by atoms with Crippen LogP contribution in [0.2, 0.25) is 5.02 Å². The van der Waals surface area contributed by atoms with Crippen LogP contribution in [0.3, 0.4) is 0 Å². The second-order valence-electron chi connectivity index (χ2n) is 8.65. The fourth-order valence-electron chi connectivity index (χ4n) is 4.39. The predicted molar refractivity (Wildman–Crippen MR) is 121 cm³/mol. The van der Waals surface area contributed by atoms with Gasteiger partial charge >= 0.3 is 0 Å². The molecule has 2 aliphatic rings. The Kier molecular flexibility index (Phi) is 6.74. The van der Waals surface area contributed by atoms with E-state index >= 15 is 0 Å². The molecule has 0 radical (unpaired) electrons. The number of nitrogens with zero attached hydrogens (tertiary/aromatic N) is 3. The number of fused-ring (bicyclic) bond motifs is 1. The second kappa shape index (κ2) is 9.34. The van der Waals surface area contributed by atoms with Crippen molar-refractivity contribution < 1.29 is 17.6 Å². The number of amides is 1. The van der Waals surface area contributed by atoms with Crippen molar-refractivity contribution in [3.63, 3.8) is 0 Å². The Morgan fingerprint density at radius 2 is 1.84 bits per heavy atom. The summed E-state index contributed by atoms with van der Waals surface area (Å²) in [6.07, 6.45) is 5.13. The first-order valence-electron chi connectivity index (χ1n) is 10.8. The van der Waals surface area contributed by atoms with Crippen LogP contribution in [0.1, 0.15) is 32.1 Å². The molecule has 0 spiro atoms. The highest BCUT2D eigenvalue weighted by Gasteiger charge is 2.27. The van der Waals surface area contributed by atoms with Crippen molar-refractivity contribution in [1.29, 1.82) is 0 Å². The van der Waals surface area contributed by atoms with Crippen molar-refractivity contribution in [2.75, 3.05) is 43.9 Å². The lowest BCUT2D eigenvalue weighted by atomic mass is 9.93. The van der Waals surface area contributed by atoms with Crippen molar-refractivity contribution in [2.24, 2.45) is 11.8 Å². The maximum absolute atomic E-state index is 12.4. The number of sulfonamides is 1. The van der Waals surface area contributed by atoms with Crippen LogP contribution in [0.15, 0.2) is 22.6 Å². The van der Waals surface area contributed by atoms with Crippen LogP contribution in [0.4, 0.5) is 6.01 Å². The monoisotopic (exact) mass is 468 g/mol. The molecule has 1 aromatic heterocycles. The zero-order valence-electron chi connectivity index (χ0n) is 17.7. The van der Waals surface area contributed by atoms with E-state index in [0.717, 1.165) is 49.9 Å². The third-order valence-corrected chi connectivity index (χ3v) is 7.87. The van der Waals surface area contributed by atoms with Crippen molar-refractivity contribution in [3.05, 3.63) is 23.2 Å². The summed E-state index contributed by atoms with van der Waals surface area (Å²) in [5.41, 5.74) is 1.50. The Hall–Kier alpha value is -1.84. The van der Waals surface area contributed by atoms with E-state index in [0.29, 0.717) is 43.0 Å². The number of halogens is 1. The van der Waals surface area contributed by atoms with Gasteiger partial charge in [-0.05, 0) is 55.7 Å². The molecule has 2 aliphatic heterocycles. The summed E-state index contributed by atoms with van der Waals surface area (Å²) in [5.74, 6) is 0.759. The number of benzene rings is 1. The van der Waals surface area contributed by atoms with Crippen LogP contribution in [0, 0.1) is 11.8 Å². The minimum atomic E-state index is -3.13. The molecule has 1 aromatic carbocycles. The van der Waals surface area contributed by atoms with E-state index in [4.69, 9.17) is 16.0 Å².